The van der Waals surface area contributed by atoms with Crippen LogP contribution < -0.4 is 10.7 Å². The summed E-state index contributed by atoms with van der Waals surface area (Å²) in [5, 5.41) is 6.42. The van der Waals surface area contributed by atoms with Crippen molar-refractivity contribution in [3.63, 3.8) is 0 Å². The van der Waals surface area contributed by atoms with Crippen LogP contribution in [-0.2, 0) is 19.7 Å². The molecule has 0 unspecified atom stereocenters. The number of benzene rings is 1. The zero-order chi connectivity index (χ0) is 17.3. The predicted octanol–water partition coefficient (Wildman–Crippen LogP) is 1.59. The van der Waals surface area contributed by atoms with Crippen LogP contribution >= 0.6 is 0 Å². The number of hydrogen-bond donors (Lipinski definition) is 2. The van der Waals surface area contributed by atoms with Gasteiger partial charge in [0.05, 0.1) is 12.8 Å². The van der Waals surface area contributed by atoms with E-state index in [1.165, 1.54) is 5.56 Å². The number of nitrogens with zero attached hydrogens (tertiary/aromatic N) is 1. The van der Waals surface area contributed by atoms with Crippen molar-refractivity contribution >= 4 is 18.0 Å². The zero-order valence-corrected chi connectivity index (χ0v) is 14.2. The highest BCUT2D eigenvalue weighted by Gasteiger charge is 2.12. The maximum absolute atomic E-state index is 11.5. The highest BCUT2D eigenvalue weighted by atomic mass is 16.5. The molecule has 1 aromatic rings. The summed E-state index contributed by atoms with van der Waals surface area (Å²) < 4.78 is 4.80. The molecule has 0 fully saturated rings. The first-order valence-corrected chi connectivity index (χ1v) is 7.51. The minimum Gasteiger partial charge on any atom is -0.383 e. The van der Waals surface area contributed by atoms with Crippen molar-refractivity contribution in [3.05, 3.63) is 35.4 Å². The van der Waals surface area contributed by atoms with Crippen LogP contribution in [0.4, 0.5) is 0 Å². The molecule has 2 amide bonds. The molecule has 6 heteroatoms. The number of amides is 2. The van der Waals surface area contributed by atoms with Crippen molar-refractivity contribution in [3.8, 4) is 0 Å². The van der Waals surface area contributed by atoms with Crippen LogP contribution in [0.2, 0.25) is 0 Å². The Bertz CT molecular complexity index is 545. The lowest BCUT2D eigenvalue weighted by Crippen LogP contribution is -2.31. The minimum atomic E-state index is -0.456. The van der Waals surface area contributed by atoms with E-state index in [-0.39, 0.29) is 17.7 Å². The van der Waals surface area contributed by atoms with Gasteiger partial charge in [-0.2, -0.15) is 5.10 Å². The highest BCUT2D eigenvalue weighted by molar-refractivity contribution is 5.97. The summed E-state index contributed by atoms with van der Waals surface area (Å²) in [6, 6.07) is 7.94. The van der Waals surface area contributed by atoms with Gasteiger partial charge in [0.15, 0.2) is 0 Å². The molecule has 0 aliphatic rings. The first kappa shape index (κ1) is 18.8. The number of methoxy groups -OCH3 is 1. The van der Waals surface area contributed by atoms with Crippen molar-refractivity contribution in [1.29, 1.82) is 0 Å². The summed E-state index contributed by atoms with van der Waals surface area (Å²) in [5.41, 5.74) is 4.54. The van der Waals surface area contributed by atoms with Crippen LogP contribution in [0.5, 0.6) is 0 Å². The van der Waals surface area contributed by atoms with Crippen LogP contribution in [0.3, 0.4) is 0 Å². The molecule has 6 nitrogen and oxygen atoms in total. The Kier molecular flexibility index (Phi) is 7.41. The predicted molar refractivity (Wildman–Crippen MR) is 90.4 cm³/mol. The molecule has 0 saturated carbocycles. The normalized spacial score (nSPS) is 11.5. The third-order valence-electron chi connectivity index (χ3n) is 3.13. The molecule has 2 N–H and O–H groups in total. The SMILES string of the molecule is COCCNC(=O)CC(=O)N/N=C/c1ccc(C(C)(C)C)cc1. The van der Waals surface area contributed by atoms with Gasteiger partial charge in [-0.1, -0.05) is 45.0 Å². The largest absolute Gasteiger partial charge is 0.383 e. The van der Waals surface area contributed by atoms with Gasteiger partial charge in [-0.05, 0) is 16.5 Å². The molecule has 0 aromatic heterocycles. The van der Waals surface area contributed by atoms with Gasteiger partial charge in [0.25, 0.3) is 0 Å². The topological polar surface area (TPSA) is 79.8 Å². The molecule has 0 bridgehead atoms. The lowest BCUT2D eigenvalue weighted by atomic mass is 9.87. The number of ether oxygens (including phenoxy) is 1. The van der Waals surface area contributed by atoms with Gasteiger partial charge in [0, 0.05) is 13.7 Å². The second-order valence-corrected chi connectivity index (χ2v) is 6.18. The maximum atomic E-state index is 11.5. The second kappa shape index (κ2) is 9.05. The number of hydrazone groups is 1. The zero-order valence-electron chi connectivity index (χ0n) is 14.2. The Morgan fingerprint density at radius 2 is 1.83 bits per heavy atom. The number of rotatable bonds is 7. The Morgan fingerprint density at radius 3 is 2.39 bits per heavy atom. The van der Waals surface area contributed by atoms with Crippen LogP contribution in [0.15, 0.2) is 29.4 Å². The summed E-state index contributed by atoms with van der Waals surface area (Å²) in [4.78, 5) is 23.0. The van der Waals surface area contributed by atoms with Gasteiger partial charge >= 0.3 is 0 Å². The fraction of sp³-hybridized carbons (Fsp3) is 0.471. The van der Waals surface area contributed by atoms with Crippen molar-refractivity contribution in [2.45, 2.75) is 32.6 Å². The molecular formula is C17H25N3O3. The lowest BCUT2D eigenvalue weighted by molar-refractivity contribution is -0.129. The Balaban J connectivity index is 2.40. The molecule has 0 saturated heterocycles. The molecular weight excluding hydrogens is 294 g/mol. The Labute approximate surface area is 137 Å². The van der Waals surface area contributed by atoms with E-state index in [1.54, 1.807) is 13.3 Å². The number of nitrogens with one attached hydrogen (secondary N) is 2. The molecule has 1 aromatic carbocycles. The van der Waals surface area contributed by atoms with E-state index in [4.69, 9.17) is 4.74 Å². The van der Waals surface area contributed by atoms with Crippen molar-refractivity contribution in [2.24, 2.45) is 5.10 Å². The fourth-order valence-electron chi connectivity index (χ4n) is 1.79. The monoisotopic (exact) mass is 319 g/mol. The first-order chi connectivity index (χ1) is 10.8. The van der Waals surface area contributed by atoms with Crippen molar-refractivity contribution in [1.82, 2.24) is 10.7 Å². The summed E-state index contributed by atoms with van der Waals surface area (Å²) in [5.74, 6) is -0.813. The quantitative estimate of drug-likeness (QED) is 0.347. The first-order valence-electron chi connectivity index (χ1n) is 7.51. The number of carbonyl (C=O) groups is 2. The van der Waals surface area contributed by atoms with Gasteiger partial charge in [-0.15, -0.1) is 0 Å². The van der Waals surface area contributed by atoms with Gasteiger partial charge < -0.3 is 10.1 Å². The van der Waals surface area contributed by atoms with E-state index in [2.05, 4.69) is 36.6 Å². The van der Waals surface area contributed by atoms with Crippen LogP contribution in [0, 0.1) is 0 Å². The molecule has 1 rings (SSSR count). The molecule has 0 spiro atoms. The van der Waals surface area contributed by atoms with E-state index >= 15 is 0 Å². The molecule has 0 aliphatic carbocycles. The molecule has 0 atom stereocenters. The van der Waals surface area contributed by atoms with Crippen molar-refractivity contribution in [2.75, 3.05) is 20.3 Å². The average molecular weight is 319 g/mol. The van der Waals surface area contributed by atoms with E-state index in [0.717, 1.165) is 5.56 Å². The van der Waals surface area contributed by atoms with Crippen LogP contribution in [0.1, 0.15) is 38.3 Å². The summed E-state index contributed by atoms with van der Waals surface area (Å²) in [6.45, 7) is 7.23. The molecule has 23 heavy (non-hydrogen) atoms. The van der Waals surface area contributed by atoms with E-state index in [1.807, 2.05) is 24.3 Å². The summed E-state index contributed by atoms with van der Waals surface area (Å²) >= 11 is 0. The average Bonchev–Trinajstić information content (AvgIpc) is 2.47. The van der Waals surface area contributed by atoms with Crippen molar-refractivity contribution < 1.29 is 14.3 Å². The Morgan fingerprint density at radius 1 is 1.17 bits per heavy atom. The van der Waals surface area contributed by atoms with E-state index < -0.39 is 5.91 Å². The fourth-order valence-corrected chi connectivity index (χ4v) is 1.79. The van der Waals surface area contributed by atoms with Gasteiger partial charge in [-0.3, -0.25) is 9.59 Å². The van der Waals surface area contributed by atoms with Gasteiger partial charge in [0.1, 0.15) is 6.42 Å². The number of hydrogen-bond acceptors (Lipinski definition) is 4. The van der Waals surface area contributed by atoms with Crippen LogP contribution in [0.25, 0.3) is 0 Å². The maximum Gasteiger partial charge on any atom is 0.249 e. The van der Waals surface area contributed by atoms with Crippen LogP contribution in [-0.4, -0.2) is 38.3 Å². The Hall–Kier alpha value is -2.21. The summed E-state index contributed by atoms with van der Waals surface area (Å²) in [7, 11) is 1.54. The van der Waals surface area contributed by atoms with Gasteiger partial charge in [0.2, 0.25) is 11.8 Å². The molecule has 126 valence electrons. The third-order valence-corrected chi connectivity index (χ3v) is 3.13. The van der Waals surface area contributed by atoms with Gasteiger partial charge in [-0.25, -0.2) is 5.43 Å². The molecule has 0 heterocycles. The minimum absolute atomic E-state index is 0.0973. The highest BCUT2D eigenvalue weighted by Crippen LogP contribution is 2.21. The van der Waals surface area contributed by atoms with E-state index in [0.29, 0.717) is 13.2 Å². The summed E-state index contributed by atoms with van der Waals surface area (Å²) in [6.07, 6.45) is 1.29. The smallest absolute Gasteiger partial charge is 0.249 e. The number of carbonyl (C=O) groups excluding carboxylic acids is 2. The third kappa shape index (κ3) is 7.56. The molecule has 0 aliphatic heterocycles. The standard InChI is InChI=1S/C17H25N3O3/c1-17(2,3)14-7-5-13(6-8-14)12-19-20-16(22)11-15(21)18-9-10-23-4/h5-8,12H,9-11H2,1-4H3,(H,18,21)(H,20,22)/b19-12+. The lowest BCUT2D eigenvalue weighted by Gasteiger charge is -2.18. The molecule has 0 radical (unpaired) electrons. The second-order valence-electron chi connectivity index (χ2n) is 6.18. The van der Waals surface area contributed by atoms with E-state index in [9.17, 15) is 9.59 Å².